The summed E-state index contributed by atoms with van der Waals surface area (Å²) in [6.45, 7) is 1.09. The summed E-state index contributed by atoms with van der Waals surface area (Å²) in [6, 6.07) is 3.10. The van der Waals surface area contributed by atoms with Crippen LogP contribution < -0.4 is 10.5 Å². The number of nitrogens with one attached hydrogen (secondary N) is 1. The van der Waals surface area contributed by atoms with Crippen LogP contribution in [0.2, 0.25) is 0 Å². The maximum Gasteiger partial charge on any atom is 0.242 e. The minimum absolute atomic E-state index is 0.0403. The lowest BCUT2D eigenvalue weighted by Crippen LogP contribution is -2.36. The first-order chi connectivity index (χ1) is 9.13. The topological polar surface area (TPSA) is 94.3 Å². The summed E-state index contributed by atoms with van der Waals surface area (Å²) in [5.41, 5.74) is 5.88. The average molecular weight is 285 g/mol. The van der Waals surface area contributed by atoms with Crippen LogP contribution in [0.3, 0.4) is 0 Å². The van der Waals surface area contributed by atoms with Crippen molar-refractivity contribution in [3.05, 3.63) is 24.0 Å². The van der Waals surface area contributed by atoms with E-state index >= 15 is 0 Å². The third-order valence-corrected chi connectivity index (χ3v) is 4.60. The predicted molar refractivity (Wildman–Crippen MR) is 70.9 cm³/mol. The van der Waals surface area contributed by atoms with Crippen LogP contribution >= 0.6 is 0 Å². The molecule has 1 atom stereocenters. The molecular weight excluding hydrogens is 266 g/mol. The number of hydrogen-bond acceptors (Lipinski definition) is 5. The standard InChI is InChI=1S/C12H19N3O3S/c13-8-11-12(5-3-6-14-11)19(16,17)15-9-10-4-1-2-7-18-10/h3,5-6,10,15H,1-2,4,7-9,13H2. The van der Waals surface area contributed by atoms with Crippen LogP contribution in [0.5, 0.6) is 0 Å². The molecule has 0 radical (unpaired) electrons. The largest absolute Gasteiger partial charge is 0.377 e. The van der Waals surface area contributed by atoms with Crippen molar-refractivity contribution in [3.8, 4) is 0 Å². The Morgan fingerprint density at radius 2 is 2.32 bits per heavy atom. The monoisotopic (exact) mass is 285 g/mol. The molecule has 1 unspecified atom stereocenters. The van der Waals surface area contributed by atoms with E-state index in [1.54, 1.807) is 6.07 Å². The fraction of sp³-hybridized carbons (Fsp3) is 0.583. The summed E-state index contributed by atoms with van der Waals surface area (Å²) >= 11 is 0. The van der Waals surface area contributed by atoms with E-state index in [4.69, 9.17) is 10.5 Å². The van der Waals surface area contributed by atoms with Crippen molar-refractivity contribution < 1.29 is 13.2 Å². The lowest BCUT2D eigenvalue weighted by Gasteiger charge is -2.22. The third-order valence-electron chi connectivity index (χ3n) is 3.11. The maximum atomic E-state index is 12.2. The summed E-state index contributed by atoms with van der Waals surface area (Å²) < 4.78 is 32.5. The van der Waals surface area contributed by atoms with Gasteiger partial charge in [0.1, 0.15) is 4.90 Å². The van der Waals surface area contributed by atoms with Gasteiger partial charge in [-0.3, -0.25) is 4.98 Å². The third kappa shape index (κ3) is 3.73. The molecule has 0 aliphatic carbocycles. The van der Waals surface area contributed by atoms with Crippen molar-refractivity contribution in [1.29, 1.82) is 0 Å². The molecule has 106 valence electrons. The van der Waals surface area contributed by atoms with Crippen molar-refractivity contribution in [2.24, 2.45) is 5.73 Å². The van der Waals surface area contributed by atoms with Gasteiger partial charge in [-0.15, -0.1) is 0 Å². The van der Waals surface area contributed by atoms with Gasteiger partial charge in [-0.25, -0.2) is 13.1 Å². The Kier molecular flexibility index (Phi) is 4.87. The quantitative estimate of drug-likeness (QED) is 0.816. The molecule has 1 aromatic heterocycles. The number of rotatable bonds is 5. The number of ether oxygens (including phenoxy) is 1. The second kappa shape index (κ2) is 6.42. The Balaban J connectivity index is 2.05. The maximum absolute atomic E-state index is 12.2. The molecule has 0 aromatic carbocycles. The highest BCUT2D eigenvalue weighted by molar-refractivity contribution is 7.89. The number of pyridine rings is 1. The Bertz CT molecular complexity index is 513. The van der Waals surface area contributed by atoms with Crippen LogP contribution in [0.15, 0.2) is 23.2 Å². The molecule has 6 nitrogen and oxygen atoms in total. The first-order valence-electron chi connectivity index (χ1n) is 6.38. The van der Waals surface area contributed by atoms with E-state index in [1.807, 2.05) is 0 Å². The molecule has 1 aliphatic heterocycles. The fourth-order valence-electron chi connectivity index (χ4n) is 2.07. The van der Waals surface area contributed by atoms with Gasteiger partial charge < -0.3 is 10.5 Å². The van der Waals surface area contributed by atoms with Crippen molar-refractivity contribution in [2.45, 2.75) is 36.8 Å². The van der Waals surface area contributed by atoms with Crippen LogP contribution in [-0.4, -0.2) is 32.7 Å². The molecule has 1 fully saturated rings. The second-order valence-corrected chi connectivity index (χ2v) is 6.23. The lowest BCUT2D eigenvalue weighted by molar-refractivity contribution is 0.0200. The van der Waals surface area contributed by atoms with Crippen LogP contribution in [0, 0.1) is 0 Å². The summed E-state index contributed by atoms with van der Waals surface area (Å²) in [5, 5.41) is 0. The van der Waals surface area contributed by atoms with E-state index < -0.39 is 10.0 Å². The molecule has 0 bridgehead atoms. The van der Waals surface area contributed by atoms with Crippen LogP contribution in [-0.2, 0) is 21.3 Å². The van der Waals surface area contributed by atoms with E-state index in [0.29, 0.717) is 18.8 Å². The molecule has 3 N–H and O–H groups in total. The van der Waals surface area contributed by atoms with Crippen molar-refractivity contribution in [1.82, 2.24) is 9.71 Å². The summed E-state index contributed by atoms with van der Waals surface area (Å²) in [5.74, 6) is 0. The zero-order valence-corrected chi connectivity index (χ0v) is 11.5. The molecule has 2 rings (SSSR count). The SMILES string of the molecule is NCc1ncccc1S(=O)(=O)NCC1CCCCO1. The minimum atomic E-state index is -3.57. The van der Waals surface area contributed by atoms with E-state index in [2.05, 4.69) is 9.71 Å². The van der Waals surface area contributed by atoms with E-state index in [-0.39, 0.29) is 17.5 Å². The highest BCUT2D eigenvalue weighted by Crippen LogP contribution is 2.15. The number of nitrogens with zero attached hydrogens (tertiary/aromatic N) is 1. The smallest absolute Gasteiger partial charge is 0.242 e. The van der Waals surface area contributed by atoms with Gasteiger partial charge in [0.05, 0.1) is 11.8 Å². The number of sulfonamides is 1. The zero-order chi connectivity index (χ0) is 13.7. The van der Waals surface area contributed by atoms with Gasteiger partial charge in [0.25, 0.3) is 0 Å². The molecule has 2 heterocycles. The Morgan fingerprint density at radius 1 is 1.47 bits per heavy atom. The molecule has 1 saturated heterocycles. The number of hydrogen-bond donors (Lipinski definition) is 2. The second-order valence-electron chi connectivity index (χ2n) is 4.49. The normalized spacial score (nSPS) is 20.4. The van der Waals surface area contributed by atoms with Crippen molar-refractivity contribution >= 4 is 10.0 Å². The van der Waals surface area contributed by atoms with Gasteiger partial charge in [-0.2, -0.15) is 0 Å². The van der Waals surface area contributed by atoms with Gasteiger partial charge in [0.15, 0.2) is 0 Å². The zero-order valence-electron chi connectivity index (χ0n) is 10.7. The molecule has 1 aliphatic rings. The van der Waals surface area contributed by atoms with Gasteiger partial charge in [0.2, 0.25) is 10.0 Å². The Hall–Kier alpha value is -1.02. The highest BCUT2D eigenvalue weighted by Gasteiger charge is 2.21. The summed E-state index contributed by atoms with van der Waals surface area (Å²) in [4.78, 5) is 4.13. The Morgan fingerprint density at radius 3 is 3.00 bits per heavy atom. The first-order valence-corrected chi connectivity index (χ1v) is 7.87. The number of nitrogens with two attached hydrogens (primary N) is 1. The Labute approximate surface area is 113 Å². The van der Waals surface area contributed by atoms with E-state index in [9.17, 15) is 8.42 Å². The molecule has 0 saturated carbocycles. The average Bonchev–Trinajstić information content (AvgIpc) is 2.46. The molecular formula is C12H19N3O3S. The van der Waals surface area contributed by atoms with Crippen LogP contribution in [0.4, 0.5) is 0 Å². The number of aromatic nitrogens is 1. The molecule has 7 heteroatoms. The fourth-order valence-corrected chi connectivity index (χ4v) is 3.33. The molecule has 0 amide bonds. The van der Waals surface area contributed by atoms with E-state index in [0.717, 1.165) is 19.3 Å². The van der Waals surface area contributed by atoms with Gasteiger partial charge in [-0.1, -0.05) is 0 Å². The van der Waals surface area contributed by atoms with Crippen molar-refractivity contribution in [3.63, 3.8) is 0 Å². The predicted octanol–water partition coefficient (Wildman–Crippen LogP) is 0.388. The van der Waals surface area contributed by atoms with Gasteiger partial charge in [0, 0.05) is 25.9 Å². The minimum Gasteiger partial charge on any atom is -0.377 e. The van der Waals surface area contributed by atoms with Gasteiger partial charge >= 0.3 is 0 Å². The molecule has 0 spiro atoms. The first kappa shape index (κ1) is 14.4. The summed E-state index contributed by atoms with van der Waals surface area (Å²) in [6.07, 6.45) is 4.50. The van der Waals surface area contributed by atoms with Crippen molar-refractivity contribution in [2.75, 3.05) is 13.2 Å². The van der Waals surface area contributed by atoms with E-state index in [1.165, 1.54) is 12.3 Å². The lowest BCUT2D eigenvalue weighted by atomic mass is 10.1. The van der Waals surface area contributed by atoms with Gasteiger partial charge in [-0.05, 0) is 31.4 Å². The highest BCUT2D eigenvalue weighted by atomic mass is 32.2. The van der Waals surface area contributed by atoms with Crippen LogP contribution in [0.1, 0.15) is 25.0 Å². The molecule has 19 heavy (non-hydrogen) atoms. The van der Waals surface area contributed by atoms with Crippen LogP contribution in [0.25, 0.3) is 0 Å². The molecule has 1 aromatic rings. The summed E-state index contributed by atoms with van der Waals surface area (Å²) in [7, 11) is -3.57.